The molecule has 0 aliphatic carbocycles. The SMILES string of the molecule is O=[N+]([O-])c1cc(SCc2ccccc2)cc2n[nH]c(I)c12. The van der Waals surface area contributed by atoms with Crippen molar-refractivity contribution in [2.45, 2.75) is 10.6 Å². The number of aromatic nitrogens is 2. The van der Waals surface area contributed by atoms with Crippen molar-refractivity contribution < 1.29 is 4.92 Å². The molecule has 0 saturated carbocycles. The van der Waals surface area contributed by atoms with Gasteiger partial charge >= 0.3 is 0 Å². The molecule has 1 heterocycles. The maximum Gasteiger partial charge on any atom is 0.282 e. The van der Waals surface area contributed by atoms with Gasteiger partial charge in [-0.15, -0.1) is 11.8 Å². The van der Waals surface area contributed by atoms with E-state index in [1.54, 1.807) is 17.8 Å². The number of hydrogen-bond donors (Lipinski definition) is 1. The summed E-state index contributed by atoms with van der Waals surface area (Å²) in [6.45, 7) is 0. The molecular formula is C14H10IN3O2S. The molecule has 0 aliphatic rings. The van der Waals surface area contributed by atoms with Crippen molar-refractivity contribution in [3.63, 3.8) is 0 Å². The number of halogens is 1. The number of benzene rings is 2. The minimum absolute atomic E-state index is 0.0983. The fraction of sp³-hybridized carbons (Fsp3) is 0.0714. The van der Waals surface area contributed by atoms with Crippen LogP contribution in [-0.4, -0.2) is 15.1 Å². The Hall–Kier alpha value is -1.61. The van der Waals surface area contributed by atoms with Crippen molar-refractivity contribution in [3.8, 4) is 0 Å². The molecule has 0 atom stereocenters. The Morgan fingerprint density at radius 1 is 1.29 bits per heavy atom. The van der Waals surface area contributed by atoms with E-state index in [1.807, 2.05) is 59.0 Å². The van der Waals surface area contributed by atoms with Gasteiger partial charge in [0.25, 0.3) is 5.69 Å². The lowest BCUT2D eigenvalue weighted by molar-refractivity contribution is -0.383. The summed E-state index contributed by atoms with van der Waals surface area (Å²) < 4.78 is 0.689. The van der Waals surface area contributed by atoms with Gasteiger partial charge in [0.2, 0.25) is 0 Å². The van der Waals surface area contributed by atoms with Gasteiger partial charge in [-0.3, -0.25) is 15.2 Å². The Labute approximate surface area is 138 Å². The first kappa shape index (κ1) is 14.3. The van der Waals surface area contributed by atoms with E-state index in [0.29, 0.717) is 14.6 Å². The Morgan fingerprint density at radius 3 is 2.76 bits per heavy atom. The molecular weight excluding hydrogens is 401 g/mol. The van der Waals surface area contributed by atoms with Crippen LogP contribution in [-0.2, 0) is 5.75 Å². The molecule has 1 N–H and O–H groups in total. The Kier molecular flexibility index (Phi) is 4.11. The average molecular weight is 411 g/mol. The van der Waals surface area contributed by atoms with Crippen molar-refractivity contribution >= 4 is 50.9 Å². The predicted octanol–water partition coefficient (Wildman–Crippen LogP) is 4.37. The van der Waals surface area contributed by atoms with E-state index in [0.717, 1.165) is 10.6 Å². The quantitative estimate of drug-likeness (QED) is 0.300. The molecule has 3 aromatic rings. The minimum Gasteiger partial charge on any atom is -0.271 e. The zero-order valence-electron chi connectivity index (χ0n) is 10.7. The minimum atomic E-state index is -0.355. The number of thioether (sulfide) groups is 1. The van der Waals surface area contributed by atoms with Crippen LogP contribution < -0.4 is 0 Å². The number of non-ortho nitro benzene ring substituents is 1. The molecule has 0 saturated heterocycles. The summed E-state index contributed by atoms with van der Waals surface area (Å²) in [6.07, 6.45) is 0. The van der Waals surface area contributed by atoms with Crippen LogP contribution in [0.1, 0.15) is 5.56 Å². The predicted molar refractivity (Wildman–Crippen MR) is 91.5 cm³/mol. The average Bonchev–Trinajstić information content (AvgIpc) is 2.87. The second-order valence-electron chi connectivity index (χ2n) is 4.41. The van der Waals surface area contributed by atoms with Gasteiger partial charge in [0.05, 0.1) is 4.92 Å². The first-order valence-corrected chi connectivity index (χ1v) is 8.20. The van der Waals surface area contributed by atoms with Crippen LogP contribution in [0.3, 0.4) is 0 Å². The number of hydrogen-bond acceptors (Lipinski definition) is 4. The number of nitro benzene ring substituents is 1. The maximum atomic E-state index is 11.2. The van der Waals surface area contributed by atoms with Crippen molar-refractivity contribution in [2.75, 3.05) is 0 Å². The fourth-order valence-corrected chi connectivity index (χ4v) is 3.62. The normalized spacial score (nSPS) is 10.9. The highest BCUT2D eigenvalue weighted by Gasteiger charge is 2.19. The lowest BCUT2D eigenvalue weighted by Crippen LogP contribution is -1.90. The molecule has 0 unspecified atom stereocenters. The highest BCUT2D eigenvalue weighted by Crippen LogP contribution is 2.34. The molecule has 1 aromatic heterocycles. The van der Waals surface area contributed by atoms with Gasteiger partial charge < -0.3 is 0 Å². The van der Waals surface area contributed by atoms with E-state index < -0.39 is 0 Å². The van der Waals surface area contributed by atoms with Crippen LogP contribution in [0.4, 0.5) is 5.69 Å². The highest BCUT2D eigenvalue weighted by molar-refractivity contribution is 14.1. The van der Waals surface area contributed by atoms with Gasteiger partial charge in [0.1, 0.15) is 14.6 Å². The van der Waals surface area contributed by atoms with Crippen LogP contribution in [0, 0.1) is 13.8 Å². The van der Waals surface area contributed by atoms with E-state index in [-0.39, 0.29) is 10.6 Å². The molecule has 0 aliphatic heterocycles. The molecule has 21 heavy (non-hydrogen) atoms. The van der Waals surface area contributed by atoms with Gasteiger partial charge in [-0.1, -0.05) is 30.3 Å². The third kappa shape index (κ3) is 3.03. The number of aromatic amines is 1. The summed E-state index contributed by atoms with van der Waals surface area (Å²) in [5, 5.41) is 18.7. The topological polar surface area (TPSA) is 71.8 Å². The van der Waals surface area contributed by atoms with Gasteiger partial charge in [0, 0.05) is 16.7 Å². The van der Waals surface area contributed by atoms with Crippen LogP contribution >= 0.6 is 34.4 Å². The number of fused-ring (bicyclic) bond motifs is 1. The lowest BCUT2D eigenvalue weighted by atomic mass is 10.2. The number of nitrogens with zero attached hydrogens (tertiary/aromatic N) is 2. The van der Waals surface area contributed by atoms with Crippen LogP contribution in [0.15, 0.2) is 47.4 Å². The van der Waals surface area contributed by atoms with Gasteiger partial charge in [-0.2, -0.15) is 5.10 Å². The van der Waals surface area contributed by atoms with E-state index in [1.165, 1.54) is 5.56 Å². The third-order valence-corrected chi connectivity index (χ3v) is 4.84. The van der Waals surface area contributed by atoms with Crippen molar-refractivity contribution in [1.82, 2.24) is 10.2 Å². The number of rotatable bonds is 4. The zero-order chi connectivity index (χ0) is 14.8. The molecule has 2 aromatic carbocycles. The Morgan fingerprint density at radius 2 is 2.05 bits per heavy atom. The number of H-pyrrole nitrogens is 1. The highest BCUT2D eigenvalue weighted by atomic mass is 127. The zero-order valence-corrected chi connectivity index (χ0v) is 13.7. The molecule has 0 radical (unpaired) electrons. The maximum absolute atomic E-state index is 11.2. The van der Waals surface area contributed by atoms with Gasteiger partial charge in [-0.25, -0.2) is 0 Å². The third-order valence-electron chi connectivity index (χ3n) is 3.01. The molecule has 7 heteroatoms. The summed E-state index contributed by atoms with van der Waals surface area (Å²) in [7, 11) is 0. The standard InChI is InChI=1S/C14H10IN3O2S/c15-14-13-11(16-17-14)6-10(7-12(13)18(19)20)21-8-9-4-2-1-3-5-9/h1-7H,8H2,(H,16,17). The lowest BCUT2D eigenvalue weighted by Gasteiger charge is -2.03. The second-order valence-corrected chi connectivity index (χ2v) is 6.53. The Bertz CT molecular complexity index is 805. The monoisotopic (exact) mass is 411 g/mol. The van der Waals surface area contributed by atoms with Crippen LogP contribution in [0.5, 0.6) is 0 Å². The van der Waals surface area contributed by atoms with Crippen LogP contribution in [0.2, 0.25) is 0 Å². The molecule has 0 bridgehead atoms. The molecule has 106 valence electrons. The second kappa shape index (κ2) is 6.02. The largest absolute Gasteiger partial charge is 0.282 e. The van der Waals surface area contributed by atoms with E-state index in [4.69, 9.17) is 0 Å². The fourth-order valence-electron chi connectivity index (χ4n) is 2.03. The molecule has 3 rings (SSSR count). The molecule has 0 fully saturated rings. The number of nitro groups is 1. The smallest absolute Gasteiger partial charge is 0.271 e. The van der Waals surface area contributed by atoms with Gasteiger partial charge in [0.15, 0.2) is 0 Å². The van der Waals surface area contributed by atoms with Gasteiger partial charge in [-0.05, 0) is 34.2 Å². The Balaban J connectivity index is 1.94. The van der Waals surface area contributed by atoms with Crippen molar-refractivity contribution in [3.05, 3.63) is 61.8 Å². The summed E-state index contributed by atoms with van der Waals surface area (Å²) in [5.74, 6) is 0.769. The molecule has 5 nitrogen and oxygen atoms in total. The molecule has 0 amide bonds. The summed E-state index contributed by atoms with van der Waals surface area (Å²) >= 11 is 3.59. The van der Waals surface area contributed by atoms with Crippen LogP contribution in [0.25, 0.3) is 10.9 Å². The van der Waals surface area contributed by atoms with E-state index >= 15 is 0 Å². The first-order chi connectivity index (χ1) is 10.1. The van der Waals surface area contributed by atoms with Crippen molar-refractivity contribution in [2.24, 2.45) is 0 Å². The number of nitrogens with one attached hydrogen (secondary N) is 1. The molecule has 0 spiro atoms. The summed E-state index contributed by atoms with van der Waals surface area (Å²) in [4.78, 5) is 11.7. The first-order valence-electron chi connectivity index (χ1n) is 6.14. The van der Waals surface area contributed by atoms with E-state index in [2.05, 4.69) is 10.2 Å². The summed E-state index contributed by atoms with van der Waals surface area (Å²) in [5.41, 5.74) is 1.91. The van der Waals surface area contributed by atoms with E-state index in [9.17, 15) is 10.1 Å². The summed E-state index contributed by atoms with van der Waals surface area (Å²) in [6, 6.07) is 13.5. The van der Waals surface area contributed by atoms with Crippen molar-refractivity contribution in [1.29, 1.82) is 0 Å².